The molecule has 13 heavy (non-hydrogen) atoms. The van der Waals surface area contributed by atoms with Gasteiger partial charge in [0.1, 0.15) is 0 Å². The van der Waals surface area contributed by atoms with Gasteiger partial charge in [0.05, 0.1) is 0 Å². The van der Waals surface area contributed by atoms with Gasteiger partial charge in [0.25, 0.3) is 0 Å². The highest BCUT2D eigenvalue weighted by Gasteiger charge is 2.17. The Morgan fingerprint density at radius 2 is 2.08 bits per heavy atom. The maximum atomic E-state index is 5.87. The molecule has 1 unspecified atom stereocenters. The van der Waals surface area contributed by atoms with Crippen LogP contribution in [-0.4, -0.2) is 4.99 Å². The minimum atomic E-state index is -0.0841. The zero-order valence-corrected chi connectivity index (χ0v) is 9.71. The molecule has 0 bridgehead atoms. The number of halogens is 1. The van der Waals surface area contributed by atoms with E-state index in [2.05, 4.69) is 20.9 Å². The summed E-state index contributed by atoms with van der Waals surface area (Å²) < 4.78 is 0. The van der Waals surface area contributed by atoms with Crippen LogP contribution < -0.4 is 11.5 Å². The third-order valence-electron chi connectivity index (χ3n) is 2.24. The van der Waals surface area contributed by atoms with Crippen molar-refractivity contribution in [2.75, 3.05) is 5.73 Å². The van der Waals surface area contributed by atoms with Crippen molar-refractivity contribution in [1.82, 2.24) is 0 Å². The van der Waals surface area contributed by atoms with E-state index in [1.165, 1.54) is 10.5 Å². The first-order chi connectivity index (χ1) is 6.09. The van der Waals surface area contributed by atoms with Crippen molar-refractivity contribution in [2.24, 2.45) is 5.73 Å². The number of aryl methyl sites for hydroxylation is 1. The van der Waals surface area contributed by atoms with Gasteiger partial charge < -0.3 is 11.5 Å². The first kappa shape index (κ1) is 9.24. The number of nitrogens with two attached hydrogens (primary N) is 2. The molecule has 0 aliphatic carbocycles. The summed E-state index contributed by atoms with van der Waals surface area (Å²) in [7, 11) is -0.0841. The quantitative estimate of drug-likeness (QED) is 0.554. The van der Waals surface area contributed by atoms with E-state index in [4.69, 9.17) is 11.5 Å². The summed E-state index contributed by atoms with van der Waals surface area (Å²) in [4.78, 5) is 2.25. The van der Waals surface area contributed by atoms with E-state index in [9.17, 15) is 0 Å². The molecule has 0 amide bonds. The van der Waals surface area contributed by atoms with Gasteiger partial charge in [-0.1, -0.05) is 15.0 Å². The fraction of sp³-hybridized carbons (Fsp3) is 0.222. The van der Waals surface area contributed by atoms with E-state index in [-0.39, 0.29) is 8.92 Å². The molecule has 0 radical (unpaired) electrons. The second-order valence-electron chi connectivity index (χ2n) is 3.22. The molecule has 0 spiro atoms. The van der Waals surface area contributed by atoms with Gasteiger partial charge in [-0.15, -0.1) is 0 Å². The average molecular weight is 259 g/mol. The topological polar surface area (TPSA) is 52.0 Å². The maximum Gasteiger partial charge on any atom is 0.0355 e. The molecule has 4 heteroatoms. The molecule has 1 aromatic carbocycles. The van der Waals surface area contributed by atoms with Gasteiger partial charge in [-0.2, -0.15) is 0 Å². The van der Waals surface area contributed by atoms with Crippen LogP contribution >= 0.6 is 23.7 Å². The van der Waals surface area contributed by atoms with Crippen LogP contribution in [0.3, 0.4) is 0 Å². The van der Waals surface area contributed by atoms with E-state index < -0.39 is 0 Å². The molecular weight excluding hydrogens is 248 g/mol. The SMILES string of the molecule is Cc1cc2c(cc1N)S(Br)=C(N)C2. The van der Waals surface area contributed by atoms with Crippen LogP contribution in [0.2, 0.25) is 0 Å². The second kappa shape index (κ2) is 3.12. The highest BCUT2D eigenvalue weighted by Crippen LogP contribution is 2.43. The molecule has 1 aromatic rings. The Kier molecular flexibility index (Phi) is 2.21. The van der Waals surface area contributed by atoms with Crippen LogP contribution in [0.1, 0.15) is 11.1 Å². The number of anilines is 1. The van der Waals surface area contributed by atoms with Crippen LogP contribution in [0.15, 0.2) is 17.0 Å². The van der Waals surface area contributed by atoms with Crippen molar-refractivity contribution >= 4 is 34.4 Å². The molecule has 0 saturated carbocycles. The monoisotopic (exact) mass is 258 g/mol. The Morgan fingerprint density at radius 3 is 2.77 bits per heavy atom. The summed E-state index contributed by atoms with van der Waals surface area (Å²) >= 11 is 3.57. The fourth-order valence-electron chi connectivity index (χ4n) is 1.46. The number of rotatable bonds is 0. The third kappa shape index (κ3) is 1.43. The van der Waals surface area contributed by atoms with Gasteiger partial charge in [0.2, 0.25) is 0 Å². The molecule has 4 N–H and O–H groups in total. The standard InChI is InChI=1S/C9H11BrN2S/c1-5-2-6-3-9(12)13(10)8(6)4-7(5)11/h2,4H,3,11-12H2,1H3. The van der Waals surface area contributed by atoms with Crippen molar-refractivity contribution in [1.29, 1.82) is 0 Å². The minimum absolute atomic E-state index is 0.0841. The number of nitrogen functional groups attached to an aromatic ring is 1. The summed E-state index contributed by atoms with van der Waals surface area (Å²) in [5.74, 6) is 0. The predicted octanol–water partition coefficient (Wildman–Crippen LogP) is 2.16. The number of hydrogen-bond acceptors (Lipinski definition) is 2. The van der Waals surface area contributed by atoms with E-state index in [1.54, 1.807) is 0 Å². The molecule has 0 fully saturated rings. The molecule has 1 heterocycles. The second-order valence-corrected chi connectivity index (χ2v) is 6.64. The van der Waals surface area contributed by atoms with Crippen LogP contribution in [0.25, 0.3) is 0 Å². The molecule has 1 aliphatic heterocycles. The lowest BCUT2D eigenvalue weighted by Gasteiger charge is -2.05. The Bertz CT molecular complexity index is 412. The molecule has 70 valence electrons. The summed E-state index contributed by atoms with van der Waals surface area (Å²) in [6.45, 7) is 2.02. The zero-order chi connectivity index (χ0) is 9.59. The first-order valence-electron chi connectivity index (χ1n) is 4.00. The predicted molar refractivity (Wildman–Crippen MR) is 63.3 cm³/mol. The number of fused-ring (bicyclic) bond motifs is 1. The highest BCUT2D eigenvalue weighted by atomic mass is 79.9. The normalized spacial score (nSPS) is 20.5. The van der Waals surface area contributed by atoms with E-state index >= 15 is 0 Å². The Labute approximate surface area is 87.4 Å². The fourth-order valence-corrected chi connectivity index (χ4v) is 3.86. The molecule has 1 atom stereocenters. The Balaban J connectivity index is 2.63. The van der Waals surface area contributed by atoms with Gasteiger partial charge in [-0.05, 0) is 38.9 Å². The highest BCUT2D eigenvalue weighted by molar-refractivity contribution is 9.53. The van der Waals surface area contributed by atoms with E-state index in [0.717, 1.165) is 22.7 Å². The van der Waals surface area contributed by atoms with Crippen molar-refractivity contribution in [3.05, 3.63) is 23.3 Å². The van der Waals surface area contributed by atoms with Crippen molar-refractivity contribution in [2.45, 2.75) is 18.2 Å². The largest absolute Gasteiger partial charge is 0.398 e. The number of benzene rings is 1. The average Bonchev–Trinajstić information content (AvgIpc) is 2.32. The van der Waals surface area contributed by atoms with Gasteiger partial charge in [-0.25, -0.2) is 0 Å². The summed E-state index contributed by atoms with van der Waals surface area (Å²) in [5.41, 5.74) is 15.0. The van der Waals surface area contributed by atoms with Crippen molar-refractivity contribution in [3.8, 4) is 0 Å². The van der Waals surface area contributed by atoms with E-state index in [0.29, 0.717) is 0 Å². The molecule has 0 aromatic heterocycles. The smallest absolute Gasteiger partial charge is 0.0355 e. The van der Waals surface area contributed by atoms with Crippen LogP contribution in [-0.2, 0) is 6.42 Å². The lowest BCUT2D eigenvalue weighted by molar-refractivity contribution is 1.22. The zero-order valence-electron chi connectivity index (χ0n) is 7.30. The van der Waals surface area contributed by atoms with Gasteiger partial charge in [0.15, 0.2) is 0 Å². The Hall–Kier alpha value is -0.320. The summed E-state index contributed by atoms with van der Waals surface area (Å²) in [6, 6.07) is 4.16. The van der Waals surface area contributed by atoms with Gasteiger partial charge >= 0.3 is 0 Å². The van der Waals surface area contributed by atoms with Gasteiger partial charge in [0, 0.05) is 22.0 Å². The van der Waals surface area contributed by atoms with Crippen molar-refractivity contribution < 1.29 is 0 Å². The van der Waals surface area contributed by atoms with Crippen molar-refractivity contribution in [3.63, 3.8) is 0 Å². The minimum Gasteiger partial charge on any atom is -0.398 e. The summed E-state index contributed by atoms with van der Waals surface area (Å²) in [6.07, 6.45) is 0.880. The summed E-state index contributed by atoms with van der Waals surface area (Å²) in [5, 5.41) is 0. The lowest BCUT2D eigenvalue weighted by atomic mass is 10.1. The van der Waals surface area contributed by atoms with Gasteiger partial charge in [-0.3, -0.25) is 0 Å². The van der Waals surface area contributed by atoms with Crippen LogP contribution in [0.4, 0.5) is 5.69 Å². The van der Waals surface area contributed by atoms with E-state index in [1.807, 2.05) is 13.0 Å². The Morgan fingerprint density at radius 1 is 1.38 bits per heavy atom. The number of hydrogen-bond donors (Lipinski definition) is 2. The van der Waals surface area contributed by atoms with Crippen LogP contribution in [0, 0.1) is 6.92 Å². The molecule has 2 rings (SSSR count). The molecule has 0 saturated heterocycles. The molecule has 1 aliphatic rings. The maximum absolute atomic E-state index is 5.87. The first-order valence-corrected chi connectivity index (χ1v) is 7.07. The molecular formula is C9H11BrN2S. The molecule has 2 nitrogen and oxygen atoms in total. The third-order valence-corrected chi connectivity index (χ3v) is 5.90. The lowest BCUT2D eigenvalue weighted by Crippen LogP contribution is -2.09. The van der Waals surface area contributed by atoms with Crippen LogP contribution in [0.5, 0.6) is 0 Å².